The Kier molecular flexibility index (Phi) is 4.35. The number of fused-ring (bicyclic) bond motifs is 1. The van der Waals surface area contributed by atoms with Crippen molar-refractivity contribution in [1.82, 2.24) is 14.9 Å². The molecule has 1 aromatic heterocycles. The molecule has 1 atom stereocenters. The number of imidazole rings is 1. The zero-order valence-corrected chi connectivity index (χ0v) is 15.0. The molecular weight excluding hydrogens is 344 g/mol. The number of benzene rings is 2. The van der Waals surface area contributed by atoms with Gasteiger partial charge < -0.3 is 9.88 Å². The summed E-state index contributed by atoms with van der Waals surface area (Å²) in [6.07, 6.45) is 3.99. The third-order valence-corrected chi connectivity index (χ3v) is 4.99. The van der Waals surface area contributed by atoms with E-state index in [4.69, 9.17) is 0 Å². The van der Waals surface area contributed by atoms with Crippen LogP contribution in [-0.4, -0.2) is 20.4 Å². The van der Waals surface area contributed by atoms with Crippen molar-refractivity contribution in [3.63, 3.8) is 0 Å². The van der Waals surface area contributed by atoms with Crippen molar-refractivity contribution in [2.75, 3.05) is 0 Å². The van der Waals surface area contributed by atoms with Gasteiger partial charge in [-0.05, 0) is 42.9 Å². The van der Waals surface area contributed by atoms with Gasteiger partial charge in [-0.1, -0.05) is 30.3 Å². The second-order valence-electron chi connectivity index (χ2n) is 7.00. The Bertz CT molecular complexity index is 1010. The Hall–Kier alpha value is -3.22. The number of nitro benzene ring substituents is 1. The number of hydrogen-bond donors (Lipinski definition) is 1. The monoisotopic (exact) mass is 364 g/mol. The summed E-state index contributed by atoms with van der Waals surface area (Å²) in [4.78, 5) is 27.4. The fourth-order valence-corrected chi connectivity index (χ4v) is 3.37. The molecule has 4 rings (SSSR count). The van der Waals surface area contributed by atoms with Crippen LogP contribution in [0.2, 0.25) is 0 Å². The number of carbonyl (C=O) groups is 1. The van der Waals surface area contributed by atoms with Crippen molar-refractivity contribution in [2.24, 2.45) is 0 Å². The maximum atomic E-state index is 12.5. The number of hydrogen-bond acceptors (Lipinski definition) is 4. The number of non-ortho nitro benzene ring substituents is 1. The van der Waals surface area contributed by atoms with Gasteiger partial charge in [-0.15, -0.1) is 0 Å². The van der Waals surface area contributed by atoms with Crippen LogP contribution in [-0.2, 0) is 11.3 Å². The molecule has 0 saturated heterocycles. The van der Waals surface area contributed by atoms with Gasteiger partial charge in [0.15, 0.2) is 0 Å². The van der Waals surface area contributed by atoms with E-state index in [0.29, 0.717) is 17.0 Å². The lowest BCUT2D eigenvalue weighted by Crippen LogP contribution is -2.30. The van der Waals surface area contributed by atoms with Gasteiger partial charge in [0.1, 0.15) is 12.1 Å². The Labute approximate surface area is 156 Å². The van der Waals surface area contributed by atoms with Crippen molar-refractivity contribution in [1.29, 1.82) is 0 Å². The van der Waals surface area contributed by atoms with E-state index in [0.717, 1.165) is 5.56 Å². The third-order valence-electron chi connectivity index (χ3n) is 4.99. The molecule has 0 spiro atoms. The van der Waals surface area contributed by atoms with Crippen LogP contribution in [0.4, 0.5) is 5.69 Å². The molecule has 3 aromatic rings. The maximum absolute atomic E-state index is 12.5. The van der Waals surface area contributed by atoms with Gasteiger partial charge in [-0.3, -0.25) is 14.9 Å². The lowest BCUT2D eigenvalue weighted by Gasteiger charge is -2.15. The summed E-state index contributed by atoms with van der Waals surface area (Å²) in [6, 6.07) is 12.9. The number of nitro groups is 1. The fraction of sp³-hybridized carbons (Fsp3) is 0.300. The van der Waals surface area contributed by atoms with Crippen LogP contribution >= 0.6 is 0 Å². The Balaban J connectivity index is 1.47. The van der Waals surface area contributed by atoms with Gasteiger partial charge in [-0.25, -0.2) is 4.98 Å². The first-order valence-corrected chi connectivity index (χ1v) is 9.00. The van der Waals surface area contributed by atoms with Gasteiger partial charge in [-0.2, -0.15) is 0 Å². The molecule has 1 saturated carbocycles. The third kappa shape index (κ3) is 3.53. The molecule has 2 aromatic carbocycles. The topological polar surface area (TPSA) is 90.1 Å². The molecule has 1 amide bonds. The predicted octanol–water partition coefficient (Wildman–Crippen LogP) is 3.70. The molecule has 1 unspecified atom stereocenters. The zero-order chi connectivity index (χ0) is 19.0. The van der Waals surface area contributed by atoms with Crippen molar-refractivity contribution >= 4 is 22.6 Å². The largest absolute Gasteiger partial charge is 0.348 e. The molecule has 0 aliphatic heterocycles. The van der Waals surface area contributed by atoms with Crippen LogP contribution in [0.25, 0.3) is 11.0 Å². The lowest BCUT2D eigenvalue weighted by molar-refractivity contribution is -0.383. The van der Waals surface area contributed by atoms with Crippen LogP contribution in [0.1, 0.15) is 42.9 Å². The summed E-state index contributed by atoms with van der Waals surface area (Å²) in [5.74, 6) is 0.487. The highest BCUT2D eigenvalue weighted by Crippen LogP contribution is 2.40. The highest BCUT2D eigenvalue weighted by Gasteiger charge is 2.23. The first-order valence-electron chi connectivity index (χ1n) is 9.00. The van der Waals surface area contributed by atoms with E-state index in [1.165, 1.54) is 35.4 Å². The minimum Gasteiger partial charge on any atom is -0.348 e. The average Bonchev–Trinajstić information content (AvgIpc) is 3.43. The summed E-state index contributed by atoms with van der Waals surface area (Å²) < 4.78 is 1.52. The average molecular weight is 364 g/mol. The summed E-state index contributed by atoms with van der Waals surface area (Å²) in [6.45, 7) is 1.91. The summed E-state index contributed by atoms with van der Waals surface area (Å²) in [5, 5.41) is 14.2. The molecule has 1 aliphatic rings. The van der Waals surface area contributed by atoms with Crippen LogP contribution in [0.15, 0.2) is 48.8 Å². The minimum atomic E-state index is -0.456. The van der Waals surface area contributed by atoms with Gasteiger partial charge in [0, 0.05) is 6.07 Å². The fourth-order valence-electron chi connectivity index (χ4n) is 3.37. The SMILES string of the molecule is CC(NC(=O)Cn1cnc2cccc([N+](=O)[O-])c21)c1ccc(C2CC2)cc1. The summed E-state index contributed by atoms with van der Waals surface area (Å²) in [5.41, 5.74) is 3.20. The van der Waals surface area contributed by atoms with Crippen molar-refractivity contribution in [3.8, 4) is 0 Å². The smallest absolute Gasteiger partial charge is 0.295 e. The van der Waals surface area contributed by atoms with Crippen molar-refractivity contribution in [2.45, 2.75) is 38.3 Å². The Morgan fingerprint density at radius 3 is 2.70 bits per heavy atom. The number of nitrogens with zero attached hydrogens (tertiary/aromatic N) is 3. The Morgan fingerprint density at radius 1 is 1.30 bits per heavy atom. The van der Waals surface area contributed by atoms with Crippen molar-refractivity contribution in [3.05, 3.63) is 70.0 Å². The molecule has 7 heteroatoms. The maximum Gasteiger partial charge on any atom is 0.295 e. The van der Waals surface area contributed by atoms with E-state index in [-0.39, 0.29) is 24.2 Å². The standard InChI is InChI=1S/C20H20N4O3/c1-13(14-5-7-15(8-6-14)16-9-10-16)22-19(25)11-23-12-21-17-3-2-4-18(20(17)23)24(26)27/h2-8,12-13,16H,9-11H2,1H3,(H,22,25). The highest BCUT2D eigenvalue weighted by molar-refractivity contribution is 5.87. The van der Waals surface area contributed by atoms with Crippen molar-refractivity contribution < 1.29 is 9.72 Å². The van der Waals surface area contributed by atoms with Gasteiger partial charge in [0.25, 0.3) is 5.69 Å². The van der Waals surface area contributed by atoms with Crippen LogP contribution in [0.5, 0.6) is 0 Å². The highest BCUT2D eigenvalue weighted by atomic mass is 16.6. The number of nitrogens with one attached hydrogen (secondary N) is 1. The molecule has 27 heavy (non-hydrogen) atoms. The molecule has 0 radical (unpaired) electrons. The molecular formula is C20H20N4O3. The van der Waals surface area contributed by atoms with E-state index in [1.807, 2.05) is 6.92 Å². The molecule has 1 N–H and O–H groups in total. The number of aromatic nitrogens is 2. The van der Waals surface area contributed by atoms with E-state index in [9.17, 15) is 14.9 Å². The predicted molar refractivity (Wildman–Crippen MR) is 101 cm³/mol. The first-order chi connectivity index (χ1) is 13.0. The quantitative estimate of drug-likeness (QED) is 0.533. The molecule has 138 valence electrons. The number of rotatable bonds is 6. The van der Waals surface area contributed by atoms with E-state index < -0.39 is 4.92 Å². The van der Waals surface area contributed by atoms with Gasteiger partial charge in [0.2, 0.25) is 5.91 Å². The summed E-state index contributed by atoms with van der Waals surface area (Å²) in [7, 11) is 0. The van der Waals surface area contributed by atoms with E-state index in [1.54, 1.807) is 12.1 Å². The van der Waals surface area contributed by atoms with Gasteiger partial charge in [0.05, 0.1) is 22.8 Å². The van der Waals surface area contributed by atoms with Crippen LogP contribution in [0.3, 0.4) is 0 Å². The summed E-state index contributed by atoms with van der Waals surface area (Å²) >= 11 is 0. The second-order valence-corrected chi connectivity index (χ2v) is 7.00. The van der Waals surface area contributed by atoms with E-state index >= 15 is 0 Å². The Morgan fingerprint density at radius 2 is 2.04 bits per heavy atom. The normalized spacial score (nSPS) is 14.9. The number of para-hydroxylation sites is 1. The van der Waals surface area contributed by atoms with E-state index in [2.05, 4.69) is 34.6 Å². The minimum absolute atomic E-state index is 0.0220. The zero-order valence-electron chi connectivity index (χ0n) is 15.0. The number of amides is 1. The molecule has 0 bridgehead atoms. The number of carbonyl (C=O) groups excluding carboxylic acids is 1. The molecule has 1 fully saturated rings. The van der Waals surface area contributed by atoms with Crippen LogP contribution < -0.4 is 5.32 Å². The van der Waals surface area contributed by atoms with Crippen LogP contribution in [0, 0.1) is 10.1 Å². The molecule has 1 aliphatic carbocycles. The van der Waals surface area contributed by atoms with Gasteiger partial charge >= 0.3 is 0 Å². The molecule has 1 heterocycles. The second kappa shape index (κ2) is 6.83. The lowest BCUT2D eigenvalue weighted by atomic mass is 10.0. The molecule has 7 nitrogen and oxygen atoms in total. The first kappa shape index (κ1) is 17.2.